The van der Waals surface area contributed by atoms with Gasteiger partial charge in [0.05, 0.1) is 11.2 Å². The van der Waals surface area contributed by atoms with Gasteiger partial charge in [0.25, 0.3) is 0 Å². The maximum absolute atomic E-state index is 4.61. The molecule has 1 aromatic heterocycles. The van der Waals surface area contributed by atoms with Crippen molar-refractivity contribution in [1.29, 1.82) is 0 Å². The van der Waals surface area contributed by atoms with Crippen molar-refractivity contribution in [3.8, 4) is 0 Å². The van der Waals surface area contributed by atoms with Crippen molar-refractivity contribution >= 4 is 10.9 Å². The van der Waals surface area contributed by atoms with Gasteiger partial charge in [-0.25, -0.2) is 0 Å². The summed E-state index contributed by atoms with van der Waals surface area (Å²) in [5.41, 5.74) is 2.36. The first-order chi connectivity index (χ1) is 8.76. The molecule has 0 saturated carbocycles. The van der Waals surface area contributed by atoms with Crippen LogP contribution in [0, 0.1) is 0 Å². The van der Waals surface area contributed by atoms with Crippen LogP contribution in [0.2, 0.25) is 0 Å². The summed E-state index contributed by atoms with van der Waals surface area (Å²) in [7, 11) is 2.01. The van der Waals surface area contributed by atoms with E-state index in [1.165, 1.54) is 30.2 Å². The number of benzene rings is 1. The van der Waals surface area contributed by atoms with Gasteiger partial charge < -0.3 is 5.32 Å². The Morgan fingerprint density at radius 2 is 2.06 bits per heavy atom. The highest BCUT2D eigenvalue weighted by atomic mass is 15.3. The average Bonchev–Trinajstić information content (AvgIpc) is 2.72. The molecule has 0 aliphatic carbocycles. The van der Waals surface area contributed by atoms with Crippen LogP contribution in [0.15, 0.2) is 24.3 Å². The molecular formula is C15H23N3. The van der Waals surface area contributed by atoms with E-state index < -0.39 is 0 Å². The van der Waals surface area contributed by atoms with Crippen LogP contribution < -0.4 is 5.32 Å². The zero-order valence-electron chi connectivity index (χ0n) is 11.6. The van der Waals surface area contributed by atoms with Gasteiger partial charge in [0.2, 0.25) is 0 Å². The Bertz CT molecular complexity index is 501. The van der Waals surface area contributed by atoms with Crippen molar-refractivity contribution in [2.45, 2.75) is 45.7 Å². The summed E-state index contributed by atoms with van der Waals surface area (Å²) in [6.07, 6.45) is 3.65. The molecule has 2 rings (SSSR count). The number of nitrogens with one attached hydrogen (secondary N) is 1. The van der Waals surface area contributed by atoms with E-state index in [0.717, 1.165) is 12.2 Å². The lowest BCUT2D eigenvalue weighted by molar-refractivity contribution is 0.459. The van der Waals surface area contributed by atoms with Crippen molar-refractivity contribution in [3.63, 3.8) is 0 Å². The van der Waals surface area contributed by atoms with E-state index in [1.807, 2.05) is 11.7 Å². The van der Waals surface area contributed by atoms with Gasteiger partial charge in [0.15, 0.2) is 0 Å². The molecule has 1 N–H and O–H groups in total. The quantitative estimate of drug-likeness (QED) is 0.846. The monoisotopic (exact) mass is 245 g/mol. The zero-order valence-corrected chi connectivity index (χ0v) is 11.6. The Kier molecular flexibility index (Phi) is 4.37. The Hall–Kier alpha value is -1.35. The van der Waals surface area contributed by atoms with E-state index in [2.05, 4.69) is 48.5 Å². The molecule has 0 spiro atoms. The third-order valence-electron chi connectivity index (χ3n) is 3.52. The van der Waals surface area contributed by atoms with Crippen LogP contribution >= 0.6 is 0 Å². The average molecular weight is 245 g/mol. The second-order valence-electron chi connectivity index (χ2n) is 4.86. The van der Waals surface area contributed by atoms with Gasteiger partial charge in [-0.15, -0.1) is 0 Å². The van der Waals surface area contributed by atoms with E-state index in [1.54, 1.807) is 0 Å². The fourth-order valence-corrected chi connectivity index (χ4v) is 2.46. The topological polar surface area (TPSA) is 29.9 Å². The van der Waals surface area contributed by atoms with Crippen LogP contribution in [0.25, 0.3) is 10.9 Å². The Balaban J connectivity index is 2.12. The van der Waals surface area contributed by atoms with E-state index in [9.17, 15) is 0 Å². The van der Waals surface area contributed by atoms with Crippen LogP contribution in [-0.2, 0) is 13.6 Å². The maximum Gasteiger partial charge on any atom is 0.0841 e. The Labute approximate surface area is 109 Å². The highest BCUT2D eigenvalue weighted by Crippen LogP contribution is 2.17. The fourth-order valence-electron chi connectivity index (χ4n) is 2.46. The second kappa shape index (κ2) is 6.01. The first kappa shape index (κ1) is 13.1. The van der Waals surface area contributed by atoms with Crippen LogP contribution in [-0.4, -0.2) is 15.8 Å². The van der Waals surface area contributed by atoms with Gasteiger partial charge >= 0.3 is 0 Å². The predicted octanol–water partition coefficient (Wildman–Crippen LogP) is 3.24. The number of hydrogen-bond donors (Lipinski definition) is 1. The van der Waals surface area contributed by atoms with E-state index >= 15 is 0 Å². The molecule has 1 unspecified atom stereocenters. The number of aryl methyl sites for hydroxylation is 1. The first-order valence-corrected chi connectivity index (χ1v) is 6.90. The van der Waals surface area contributed by atoms with Crippen molar-refractivity contribution in [2.24, 2.45) is 7.05 Å². The maximum atomic E-state index is 4.61. The smallest absolute Gasteiger partial charge is 0.0841 e. The molecule has 1 atom stereocenters. The van der Waals surface area contributed by atoms with E-state index in [-0.39, 0.29) is 0 Å². The van der Waals surface area contributed by atoms with Crippen LogP contribution in [0.3, 0.4) is 0 Å². The highest BCUT2D eigenvalue weighted by Gasteiger charge is 2.09. The molecule has 0 bridgehead atoms. The molecule has 0 aliphatic heterocycles. The summed E-state index contributed by atoms with van der Waals surface area (Å²) in [6.45, 7) is 5.34. The van der Waals surface area contributed by atoms with Gasteiger partial charge in [0, 0.05) is 25.0 Å². The molecule has 3 heteroatoms. The second-order valence-corrected chi connectivity index (χ2v) is 4.86. The number of hydrogen-bond acceptors (Lipinski definition) is 2. The predicted molar refractivity (Wildman–Crippen MR) is 76.5 cm³/mol. The van der Waals surface area contributed by atoms with Crippen molar-refractivity contribution in [2.75, 3.05) is 0 Å². The SMILES string of the molecule is CCCC(CC)NCc1nn(C)c2ccccc12. The molecule has 0 fully saturated rings. The molecule has 98 valence electrons. The van der Waals surface area contributed by atoms with E-state index in [0.29, 0.717) is 6.04 Å². The van der Waals surface area contributed by atoms with Crippen LogP contribution in [0.5, 0.6) is 0 Å². The molecule has 18 heavy (non-hydrogen) atoms. The van der Waals surface area contributed by atoms with Gasteiger partial charge in [-0.3, -0.25) is 4.68 Å². The van der Waals surface area contributed by atoms with Crippen LogP contribution in [0.4, 0.5) is 0 Å². The summed E-state index contributed by atoms with van der Waals surface area (Å²) >= 11 is 0. The molecule has 2 aromatic rings. The largest absolute Gasteiger partial charge is 0.308 e. The zero-order chi connectivity index (χ0) is 13.0. The van der Waals surface area contributed by atoms with Crippen molar-refractivity contribution in [1.82, 2.24) is 15.1 Å². The fraction of sp³-hybridized carbons (Fsp3) is 0.533. The Morgan fingerprint density at radius 1 is 1.28 bits per heavy atom. The summed E-state index contributed by atoms with van der Waals surface area (Å²) in [5.74, 6) is 0. The molecule has 3 nitrogen and oxygen atoms in total. The molecule has 0 aliphatic rings. The summed E-state index contributed by atoms with van der Waals surface area (Å²) in [5, 5.41) is 9.49. The molecule has 0 saturated heterocycles. The normalized spacial score (nSPS) is 13.1. The minimum absolute atomic E-state index is 0.607. The number of aromatic nitrogens is 2. The molecule has 1 heterocycles. The Morgan fingerprint density at radius 3 is 2.78 bits per heavy atom. The van der Waals surface area contributed by atoms with Gasteiger partial charge in [-0.1, -0.05) is 38.5 Å². The first-order valence-electron chi connectivity index (χ1n) is 6.90. The molecule has 0 amide bonds. The van der Waals surface area contributed by atoms with Crippen molar-refractivity contribution < 1.29 is 0 Å². The standard InChI is InChI=1S/C15H23N3/c1-4-8-12(5-2)16-11-14-13-9-6-7-10-15(13)18(3)17-14/h6-7,9-10,12,16H,4-5,8,11H2,1-3H3. The number of rotatable bonds is 6. The number of nitrogens with zero attached hydrogens (tertiary/aromatic N) is 2. The third kappa shape index (κ3) is 2.72. The summed E-state index contributed by atoms with van der Waals surface area (Å²) in [4.78, 5) is 0. The molecular weight excluding hydrogens is 222 g/mol. The minimum Gasteiger partial charge on any atom is -0.308 e. The highest BCUT2D eigenvalue weighted by molar-refractivity contribution is 5.81. The van der Waals surface area contributed by atoms with Crippen LogP contribution in [0.1, 0.15) is 38.8 Å². The van der Waals surface area contributed by atoms with Crippen molar-refractivity contribution in [3.05, 3.63) is 30.0 Å². The third-order valence-corrected chi connectivity index (χ3v) is 3.52. The lowest BCUT2D eigenvalue weighted by Crippen LogP contribution is -2.27. The molecule has 1 aromatic carbocycles. The summed E-state index contributed by atoms with van der Waals surface area (Å²) < 4.78 is 1.97. The van der Waals surface area contributed by atoms with Gasteiger partial charge in [-0.05, 0) is 18.9 Å². The molecule has 0 radical (unpaired) electrons. The lowest BCUT2D eigenvalue weighted by Gasteiger charge is -2.14. The van der Waals surface area contributed by atoms with Gasteiger partial charge in [0.1, 0.15) is 0 Å². The summed E-state index contributed by atoms with van der Waals surface area (Å²) in [6, 6.07) is 9.02. The number of fused-ring (bicyclic) bond motifs is 1. The lowest BCUT2D eigenvalue weighted by atomic mass is 10.1. The minimum atomic E-state index is 0.607. The number of para-hydroxylation sites is 1. The van der Waals surface area contributed by atoms with Gasteiger partial charge in [-0.2, -0.15) is 5.10 Å². The van der Waals surface area contributed by atoms with E-state index in [4.69, 9.17) is 0 Å².